The van der Waals surface area contributed by atoms with E-state index in [0.29, 0.717) is 62.4 Å². The van der Waals surface area contributed by atoms with Gasteiger partial charge >= 0.3 is 0 Å². The van der Waals surface area contributed by atoms with E-state index in [9.17, 15) is 17.6 Å². The number of hydrogen-bond acceptors (Lipinski definition) is 6. The lowest BCUT2D eigenvalue weighted by atomic mass is 9.73. The summed E-state index contributed by atoms with van der Waals surface area (Å²) in [6.07, 6.45) is 2.17. The number of benzene rings is 1. The van der Waals surface area contributed by atoms with Crippen LogP contribution in [0.2, 0.25) is 5.02 Å². The van der Waals surface area contributed by atoms with Gasteiger partial charge in [-0.3, -0.25) is 9.47 Å². The number of halogens is 5. The highest BCUT2D eigenvalue weighted by Gasteiger charge is 2.54. The fraction of sp³-hybridized carbons (Fsp3) is 0.480. The van der Waals surface area contributed by atoms with Crippen LogP contribution in [0, 0.1) is 23.0 Å². The van der Waals surface area contributed by atoms with E-state index < -0.39 is 23.5 Å². The maximum atomic E-state index is 14.7. The average molecular weight is 534 g/mol. The van der Waals surface area contributed by atoms with Crippen LogP contribution < -0.4 is 9.80 Å². The molecular formula is C25H24ClF4N7. The van der Waals surface area contributed by atoms with E-state index >= 15 is 0 Å². The zero-order valence-electron chi connectivity index (χ0n) is 19.8. The summed E-state index contributed by atoms with van der Waals surface area (Å²) in [4.78, 5) is 9.56. The summed E-state index contributed by atoms with van der Waals surface area (Å²) >= 11 is 6.29. The van der Waals surface area contributed by atoms with E-state index in [2.05, 4.69) is 20.1 Å². The number of fused-ring (bicyclic) bond motifs is 3. The Bertz CT molecular complexity index is 1380. The molecule has 194 valence electrons. The van der Waals surface area contributed by atoms with Gasteiger partial charge in [-0.2, -0.15) is 0 Å². The molecule has 2 saturated heterocycles. The van der Waals surface area contributed by atoms with Crippen molar-refractivity contribution in [3.63, 3.8) is 0 Å². The van der Waals surface area contributed by atoms with Crippen LogP contribution >= 0.6 is 11.6 Å². The van der Waals surface area contributed by atoms with Crippen molar-refractivity contribution in [1.29, 1.82) is 0 Å². The molecule has 1 aromatic carbocycles. The molecule has 0 unspecified atom stereocenters. The lowest BCUT2D eigenvalue weighted by molar-refractivity contribution is -0.0558. The molecule has 0 radical (unpaired) electrons. The number of anilines is 2. The highest BCUT2D eigenvalue weighted by atomic mass is 35.5. The summed E-state index contributed by atoms with van der Waals surface area (Å²) in [5.74, 6) is -3.22. The molecular weight excluding hydrogens is 510 g/mol. The highest BCUT2D eigenvalue weighted by molar-refractivity contribution is 6.30. The second kappa shape index (κ2) is 8.04. The minimum absolute atomic E-state index is 0.0409. The second-order valence-electron chi connectivity index (χ2n) is 10.9. The first-order chi connectivity index (χ1) is 17.7. The van der Waals surface area contributed by atoms with Crippen LogP contribution in [0.1, 0.15) is 24.2 Å². The van der Waals surface area contributed by atoms with Crippen molar-refractivity contribution in [3.8, 4) is 5.69 Å². The molecule has 1 spiro atoms. The van der Waals surface area contributed by atoms with E-state index in [1.165, 1.54) is 0 Å². The first-order valence-electron chi connectivity index (χ1n) is 12.3. The molecule has 0 atom stereocenters. The molecule has 4 aliphatic rings. The lowest BCUT2D eigenvalue weighted by Crippen LogP contribution is -2.73. The van der Waals surface area contributed by atoms with Crippen LogP contribution in [0.3, 0.4) is 0 Å². The molecule has 12 heteroatoms. The number of nitrogens with zero attached hydrogens (tertiary/aromatic N) is 7. The molecule has 0 bridgehead atoms. The lowest BCUT2D eigenvalue weighted by Gasteiger charge is -2.60. The molecule has 5 heterocycles. The van der Waals surface area contributed by atoms with Crippen molar-refractivity contribution in [2.24, 2.45) is 11.3 Å². The van der Waals surface area contributed by atoms with Crippen molar-refractivity contribution in [2.75, 3.05) is 42.5 Å². The minimum Gasteiger partial charge on any atom is -0.353 e. The summed E-state index contributed by atoms with van der Waals surface area (Å²) in [6.45, 7) is 2.86. The number of pyridine rings is 1. The Labute approximate surface area is 215 Å². The molecule has 3 fully saturated rings. The van der Waals surface area contributed by atoms with Crippen molar-refractivity contribution in [2.45, 2.75) is 31.9 Å². The molecule has 7 nitrogen and oxygen atoms in total. The van der Waals surface area contributed by atoms with Gasteiger partial charge in [0.15, 0.2) is 17.5 Å². The monoisotopic (exact) mass is 533 g/mol. The van der Waals surface area contributed by atoms with Gasteiger partial charge in [0.05, 0.1) is 25.0 Å². The predicted octanol–water partition coefficient (Wildman–Crippen LogP) is 4.28. The molecule has 3 aromatic rings. The zero-order chi connectivity index (χ0) is 25.5. The average Bonchev–Trinajstić information content (AvgIpc) is 3.58. The Morgan fingerprint density at radius 2 is 1.76 bits per heavy atom. The first kappa shape index (κ1) is 23.2. The third-order valence-electron chi connectivity index (χ3n) is 7.84. The van der Waals surface area contributed by atoms with E-state index in [1.807, 2.05) is 21.6 Å². The van der Waals surface area contributed by atoms with Crippen LogP contribution in [0.4, 0.5) is 29.3 Å². The molecule has 1 aliphatic carbocycles. The van der Waals surface area contributed by atoms with Crippen molar-refractivity contribution < 1.29 is 17.6 Å². The first-order valence-corrected chi connectivity index (χ1v) is 12.7. The SMILES string of the molecule is Fc1cnc(N2CC3(C2)CN(c2nnc4n2-c2ccc(Cl)cc2CN(CC(F)(F)C2CC2)C4)C3)c(F)c1. The fourth-order valence-electron chi connectivity index (χ4n) is 5.96. The van der Waals surface area contributed by atoms with Gasteiger partial charge in [0.2, 0.25) is 5.95 Å². The topological polar surface area (TPSA) is 53.3 Å². The van der Waals surface area contributed by atoms with Gasteiger partial charge in [-0.15, -0.1) is 10.2 Å². The summed E-state index contributed by atoms with van der Waals surface area (Å²) in [5, 5.41) is 9.40. The quantitative estimate of drug-likeness (QED) is 0.456. The maximum absolute atomic E-state index is 14.7. The second-order valence-corrected chi connectivity index (χ2v) is 11.3. The molecule has 7 rings (SSSR count). The van der Waals surface area contributed by atoms with Crippen molar-refractivity contribution >= 4 is 23.4 Å². The van der Waals surface area contributed by atoms with E-state index in [0.717, 1.165) is 23.5 Å². The van der Waals surface area contributed by atoms with Crippen LogP contribution in [0.5, 0.6) is 0 Å². The molecule has 0 N–H and O–H groups in total. The predicted molar refractivity (Wildman–Crippen MR) is 129 cm³/mol. The summed E-state index contributed by atoms with van der Waals surface area (Å²) in [6, 6.07) is 6.34. The largest absolute Gasteiger partial charge is 0.353 e. The van der Waals surface area contributed by atoms with Gasteiger partial charge in [-0.05, 0) is 36.6 Å². The van der Waals surface area contributed by atoms with Gasteiger partial charge in [0, 0.05) is 55.1 Å². The minimum atomic E-state index is -2.74. The Balaban J connectivity index is 1.12. The van der Waals surface area contributed by atoms with Gasteiger partial charge in [-0.1, -0.05) is 11.6 Å². The number of alkyl halides is 2. The summed E-state index contributed by atoms with van der Waals surface area (Å²) in [7, 11) is 0. The van der Waals surface area contributed by atoms with Gasteiger partial charge in [0.1, 0.15) is 5.82 Å². The number of hydrogen-bond donors (Lipinski definition) is 0. The van der Waals surface area contributed by atoms with E-state index in [1.54, 1.807) is 11.0 Å². The van der Waals surface area contributed by atoms with Crippen LogP contribution in [0.25, 0.3) is 5.69 Å². The normalized spacial score (nSPS) is 20.8. The maximum Gasteiger partial charge on any atom is 0.263 e. The van der Waals surface area contributed by atoms with Crippen molar-refractivity contribution in [3.05, 3.63) is 58.5 Å². The Kier molecular flexibility index (Phi) is 5.04. The van der Waals surface area contributed by atoms with Gasteiger partial charge < -0.3 is 9.80 Å². The van der Waals surface area contributed by atoms with Crippen LogP contribution in [0.15, 0.2) is 30.5 Å². The Morgan fingerprint density at radius 3 is 2.49 bits per heavy atom. The third-order valence-corrected chi connectivity index (χ3v) is 8.07. The number of aromatic nitrogens is 4. The Hall–Kier alpha value is -2.92. The van der Waals surface area contributed by atoms with Crippen LogP contribution in [-0.2, 0) is 13.1 Å². The smallest absolute Gasteiger partial charge is 0.263 e. The number of rotatable bonds is 5. The van der Waals surface area contributed by atoms with Gasteiger partial charge in [0.25, 0.3) is 5.92 Å². The molecule has 1 saturated carbocycles. The molecule has 2 aromatic heterocycles. The Morgan fingerprint density at radius 1 is 1.00 bits per heavy atom. The van der Waals surface area contributed by atoms with Crippen molar-refractivity contribution in [1.82, 2.24) is 24.6 Å². The molecule has 3 aliphatic heterocycles. The van der Waals surface area contributed by atoms with Gasteiger partial charge in [-0.25, -0.2) is 22.5 Å². The van der Waals surface area contributed by atoms with E-state index in [-0.39, 0.29) is 24.3 Å². The third kappa shape index (κ3) is 3.94. The molecule has 0 amide bonds. The zero-order valence-corrected chi connectivity index (χ0v) is 20.6. The summed E-state index contributed by atoms with van der Waals surface area (Å²) < 4.78 is 58.7. The summed E-state index contributed by atoms with van der Waals surface area (Å²) in [5.41, 5.74) is 1.65. The standard InChI is InChI=1S/C25H24ClF4N7/c26-17-3-4-20-15(5-17)8-34(14-25(29,30)16-1-2-16)9-21-32-33-23(37(20)21)36-12-24(13-36)10-35(11-24)22-19(28)6-18(27)7-31-22/h3-7,16H,1-2,8-14H2. The van der Waals surface area contributed by atoms with E-state index in [4.69, 9.17) is 11.6 Å². The molecule has 37 heavy (non-hydrogen) atoms. The fourth-order valence-corrected chi connectivity index (χ4v) is 6.15. The highest BCUT2D eigenvalue weighted by Crippen LogP contribution is 2.46. The van der Waals surface area contributed by atoms with Crippen LogP contribution in [-0.4, -0.2) is 63.3 Å².